The van der Waals surface area contributed by atoms with E-state index >= 15 is 0 Å². The van der Waals surface area contributed by atoms with Gasteiger partial charge < -0.3 is 24.4 Å². The highest BCUT2D eigenvalue weighted by molar-refractivity contribution is 7.90. The van der Waals surface area contributed by atoms with Crippen LogP contribution in [-0.2, 0) is 30.3 Å². The van der Waals surface area contributed by atoms with Crippen LogP contribution < -0.4 is 9.80 Å². The van der Waals surface area contributed by atoms with Crippen LogP contribution in [0.2, 0.25) is 5.02 Å². The number of alkyl halides is 3. The van der Waals surface area contributed by atoms with Gasteiger partial charge in [0.05, 0.1) is 47.0 Å². The van der Waals surface area contributed by atoms with Crippen molar-refractivity contribution in [3.63, 3.8) is 0 Å². The van der Waals surface area contributed by atoms with Crippen molar-refractivity contribution >= 4 is 40.4 Å². The van der Waals surface area contributed by atoms with E-state index in [-0.39, 0.29) is 43.4 Å². The summed E-state index contributed by atoms with van der Waals surface area (Å²) < 4.78 is 53.6. The maximum Gasteiger partial charge on any atom is 0.419 e. The summed E-state index contributed by atoms with van der Waals surface area (Å²) in [6.45, 7) is 0.904. The van der Waals surface area contributed by atoms with E-state index in [0.717, 1.165) is 0 Å². The molecule has 1 fully saturated rings. The lowest BCUT2D eigenvalue weighted by Gasteiger charge is -2.41. The Bertz CT molecular complexity index is 1210. The zero-order chi connectivity index (χ0) is 26.2. The van der Waals surface area contributed by atoms with Crippen molar-refractivity contribution in [3.8, 4) is 6.07 Å². The number of piperazine rings is 1. The number of nitriles is 1. The number of hydrogen-bond acceptors (Lipinski definition) is 7. The summed E-state index contributed by atoms with van der Waals surface area (Å²) in [5, 5.41) is 18.3. The molecule has 0 radical (unpaired) electrons. The quantitative estimate of drug-likeness (QED) is 0.460. The van der Waals surface area contributed by atoms with Gasteiger partial charge in [0.25, 0.3) is 0 Å². The number of benzene rings is 1. The molecular weight excluding hydrogens is 521 g/mol. The number of aromatic nitrogens is 2. The van der Waals surface area contributed by atoms with E-state index in [1.54, 1.807) is 0 Å². The van der Waals surface area contributed by atoms with E-state index in [4.69, 9.17) is 11.6 Å². The molecule has 1 unspecified atom stereocenters. The number of fused-ring (bicyclic) bond motifs is 1. The van der Waals surface area contributed by atoms with E-state index in [0.29, 0.717) is 30.0 Å². The zero-order valence-electron chi connectivity index (χ0n) is 19.1. The third-order valence-corrected chi connectivity index (χ3v) is 7.26. The number of amides is 1. The lowest BCUT2D eigenvalue weighted by Crippen LogP contribution is -2.55. The fourth-order valence-corrected chi connectivity index (χ4v) is 5.35. The van der Waals surface area contributed by atoms with Crippen molar-refractivity contribution in [1.82, 2.24) is 14.9 Å². The number of carbonyl (C=O) groups is 1. The maximum atomic E-state index is 13.8. The predicted molar refractivity (Wildman–Crippen MR) is 127 cm³/mol. The van der Waals surface area contributed by atoms with Crippen molar-refractivity contribution in [2.24, 2.45) is 0 Å². The van der Waals surface area contributed by atoms with Crippen LogP contribution in [0.3, 0.4) is 0 Å². The fourth-order valence-electron chi connectivity index (χ4n) is 4.62. The molecule has 9 nitrogen and oxygen atoms in total. The summed E-state index contributed by atoms with van der Waals surface area (Å²) in [5.74, 6) is 0.472. The molecule has 1 N–H and O–H groups in total. The Balaban J connectivity index is 1.71. The topological polar surface area (TPSA) is 120 Å². The Morgan fingerprint density at radius 1 is 1.31 bits per heavy atom. The third-order valence-electron chi connectivity index (χ3n) is 6.25. The first-order valence-corrected chi connectivity index (χ1v) is 12.9. The molecule has 0 aliphatic carbocycles. The number of nitrogens with zero attached hydrogens (tertiary/aromatic N) is 6. The first-order valence-electron chi connectivity index (χ1n) is 11.0. The van der Waals surface area contributed by atoms with Crippen LogP contribution in [0.1, 0.15) is 23.2 Å². The predicted octanol–water partition coefficient (Wildman–Crippen LogP) is 3.53. The van der Waals surface area contributed by atoms with E-state index in [2.05, 4.69) is 9.97 Å². The van der Waals surface area contributed by atoms with Crippen molar-refractivity contribution in [2.45, 2.75) is 36.8 Å². The summed E-state index contributed by atoms with van der Waals surface area (Å²) in [4.78, 5) is 25.1. The molecule has 192 valence electrons. The van der Waals surface area contributed by atoms with Gasteiger partial charge in [0.1, 0.15) is 12.1 Å². The molecule has 14 heteroatoms. The number of hydrogen-bond donors (Lipinski definition) is 1. The summed E-state index contributed by atoms with van der Waals surface area (Å²) >= 11 is 4.34. The highest BCUT2D eigenvalue weighted by Gasteiger charge is 2.39. The molecule has 1 aromatic carbocycles. The molecule has 2 aromatic rings. The van der Waals surface area contributed by atoms with Gasteiger partial charge in [-0.05, 0) is 18.6 Å². The van der Waals surface area contributed by atoms with Gasteiger partial charge in [-0.15, -0.1) is 0 Å². The minimum Gasteiger partial charge on any atom is -0.609 e. The second kappa shape index (κ2) is 10.2. The standard InChI is InChI=1S/C22H22ClF3N6O3S/c1-36(35)20-28-16-12-30(17-4-2-3-15(23)18(17)22(24,25)26)8-6-14(16)19(29-20)31-9-10-32(21(33)34)13(11-31)5-7-27/h2-4,13H,5-6,8-12H2,1H3,(H,33,34)/t13-,36?/m0/s1. The Labute approximate surface area is 213 Å². The summed E-state index contributed by atoms with van der Waals surface area (Å²) in [5.41, 5.74) is 0.162. The van der Waals surface area contributed by atoms with Gasteiger partial charge in [-0.25, -0.2) is 4.79 Å². The molecule has 3 heterocycles. The van der Waals surface area contributed by atoms with E-state index < -0.39 is 40.1 Å². The Kier molecular flexibility index (Phi) is 7.40. The molecule has 36 heavy (non-hydrogen) atoms. The zero-order valence-corrected chi connectivity index (χ0v) is 20.7. The SMILES string of the molecule is C[S+]([O-])c1nc2c(c(N3CCN(C(=O)O)[C@@H](CC#N)C3)n1)CCN(c1cccc(Cl)c1C(F)(F)F)C2. The Hall–Kier alpha value is -2.95. The van der Waals surface area contributed by atoms with E-state index in [9.17, 15) is 32.9 Å². The van der Waals surface area contributed by atoms with Gasteiger partial charge >= 0.3 is 17.4 Å². The molecule has 0 spiro atoms. The van der Waals surface area contributed by atoms with Crippen molar-refractivity contribution in [3.05, 3.63) is 40.0 Å². The number of halogens is 4. The van der Waals surface area contributed by atoms with Gasteiger partial charge in [-0.1, -0.05) is 17.7 Å². The lowest BCUT2D eigenvalue weighted by atomic mass is 10.0. The molecule has 2 aliphatic rings. The molecule has 0 saturated carbocycles. The van der Waals surface area contributed by atoms with Crippen LogP contribution in [0.5, 0.6) is 0 Å². The summed E-state index contributed by atoms with van der Waals surface area (Å²) in [7, 11) is 0. The van der Waals surface area contributed by atoms with Crippen LogP contribution in [-0.4, -0.2) is 69.1 Å². The van der Waals surface area contributed by atoms with Gasteiger partial charge in [0.2, 0.25) is 0 Å². The van der Waals surface area contributed by atoms with E-state index in [1.165, 1.54) is 34.3 Å². The maximum absolute atomic E-state index is 13.8. The smallest absolute Gasteiger partial charge is 0.419 e. The molecule has 1 amide bonds. The molecule has 2 atom stereocenters. The number of anilines is 2. The second-order valence-electron chi connectivity index (χ2n) is 8.45. The van der Waals surface area contributed by atoms with Crippen LogP contribution in [0.4, 0.5) is 29.5 Å². The summed E-state index contributed by atoms with van der Waals surface area (Å²) in [6, 6.07) is 5.44. The van der Waals surface area contributed by atoms with Gasteiger partial charge in [-0.2, -0.15) is 28.4 Å². The molecule has 2 aliphatic heterocycles. The van der Waals surface area contributed by atoms with E-state index in [1.807, 2.05) is 11.0 Å². The molecule has 0 bridgehead atoms. The highest BCUT2D eigenvalue weighted by atomic mass is 35.5. The monoisotopic (exact) mass is 542 g/mol. The van der Waals surface area contributed by atoms with Crippen molar-refractivity contribution in [2.75, 3.05) is 42.2 Å². The third kappa shape index (κ3) is 5.11. The van der Waals surface area contributed by atoms with Crippen molar-refractivity contribution < 1.29 is 27.6 Å². The highest BCUT2D eigenvalue weighted by Crippen LogP contribution is 2.42. The minimum atomic E-state index is -4.65. The fraction of sp³-hybridized carbons (Fsp3) is 0.455. The normalized spacial score (nSPS) is 19.0. The minimum absolute atomic E-state index is 0.00853. The van der Waals surface area contributed by atoms with Crippen molar-refractivity contribution in [1.29, 1.82) is 5.26 Å². The molecular formula is C22H22ClF3N6O3S. The Morgan fingerprint density at radius 2 is 2.06 bits per heavy atom. The first-order chi connectivity index (χ1) is 17.0. The second-order valence-corrected chi connectivity index (χ2v) is 10.1. The Morgan fingerprint density at radius 3 is 2.69 bits per heavy atom. The number of carboxylic acid groups (broad SMARTS) is 1. The molecule has 1 saturated heterocycles. The van der Waals surface area contributed by atoms with Gasteiger partial charge in [0.15, 0.2) is 0 Å². The van der Waals surface area contributed by atoms with Crippen LogP contribution >= 0.6 is 11.6 Å². The van der Waals surface area contributed by atoms with Crippen LogP contribution in [0, 0.1) is 11.3 Å². The average molecular weight is 543 g/mol. The molecule has 1 aromatic heterocycles. The summed E-state index contributed by atoms with van der Waals surface area (Å²) in [6.07, 6.45) is -4.06. The molecule has 4 rings (SSSR count). The van der Waals surface area contributed by atoms with Crippen LogP contribution in [0.15, 0.2) is 23.4 Å². The number of rotatable bonds is 4. The average Bonchev–Trinajstić information content (AvgIpc) is 2.82. The van der Waals surface area contributed by atoms with Gasteiger partial charge in [-0.3, -0.25) is 0 Å². The lowest BCUT2D eigenvalue weighted by molar-refractivity contribution is -0.137. The largest absolute Gasteiger partial charge is 0.609 e. The first kappa shape index (κ1) is 26.1. The van der Waals surface area contributed by atoms with Crippen LogP contribution in [0.25, 0.3) is 0 Å². The van der Waals surface area contributed by atoms with Gasteiger partial charge in [0, 0.05) is 42.9 Å².